The van der Waals surface area contributed by atoms with E-state index in [4.69, 9.17) is 0 Å². The molecule has 3 nitrogen and oxygen atoms in total. The standard InChI is InChI=1S/C8H11F2NO2/c9-8(10)4-6(8)13-7(12)5-2-1-3-11-5/h5-6,11H,1-4H2/t5-,6?/m0/s1. The van der Waals surface area contributed by atoms with Crippen LogP contribution in [-0.2, 0) is 9.53 Å². The van der Waals surface area contributed by atoms with Crippen molar-refractivity contribution >= 4 is 5.97 Å². The van der Waals surface area contributed by atoms with Gasteiger partial charge in [0.1, 0.15) is 6.04 Å². The van der Waals surface area contributed by atoms with Crippen molar-refractivity contribution in [1.29, 1.82) is 0 Å². The Kier molecular flexibility index (Phi) is 1.98. The molecular formula is C8H11F2NO2. The lowest BCUT2D eigenvalue weighted by molar-refractivity contribution is -0.150. The van der Waals surface area contributed by atoms with Gasteiger partial charge >= 0.3 is 5.97 Å². The van der Waals surface area contributed by atoms with Gasteiger partial charge in [-0.15, -0.1) is 0 Å². The highest BCUT2D eigenvalue weighted by Crippen LogP contribution is 2.44. The highest BCUT2D eigenvalue weighted by molar-refractivity contribution is 5.76. The van der Waals surface area contributed by atoms with Crippen LogP contribution in [0, 0.1) is 0 Å². The molecule has 13 heavy (non-hydrogen) atoms. The molecule has 0 bridgehead atoms. The SMILES string of the molecule is O=C(OC1CC1(F)F)[C@@H]1CCCN1. The second kappa shape index (κ2) is 2.90. The largest absolute Gasteiger partial charge is 0.455 e. The molecule has 0 aromatic heterocycles. The molecule has 74 valence electrons. The Labute approximate surface area is 74.4 Å². The number of alkyl halides is 2. The Hall–Kier alpha value is -0.710. The Morgan fingerprint density at radius 2 is 2.23 bits per heavy atom. The maximum Gasteiger partial charge on any atom is 0.323 e. The highest BCUT2D eigenvalue weighted by atomic mass is 19.3. The number of ether oxygens (including phenoxy) is 1. The van der Waals surface area contributed by atoms with E-state index in [1.165, 1.54) is 0 Å². The molecule has 0 amide bonds. The van der Waals surface area contributed by atoms with E-state index in [1.54, 1.807) is 0 Å². The van der Waals surface area contributed by atoms with Gasteiger partial charge in [0, 0.05) is 0 Å². The summed E-state index contributed by atoms with van der Waals surface area (Å²) in [5, 5.41) is 2.90. The predicted molar refractivity (Wildman–Crippen MR) is 40.5 cm³/mol. The third-order valence-corrected chi connectivity index (χ3v) is 2.37. The van der Waals surface area contributed by atoms with Crippen molar-refractivity contribution in [3.8, 4) is 0 Å². The van der Waals surface area contributed by atoms with Gasteiger partial charge in [0.05, 0.1) is 6.42 Å². The second-order valence-corrected chi connectivity index (χ2v) is 3.54. The first-order valence-electron chi connectivity index (χ1n) is 4.41. The molecule has 1 saturated heterocycles. The van der Waals surface area contributed by atoms with E-state index in [0.29, 0.717) is 6.42 Å². The second-order valence-electron chi connectivity index (χ2n) is 3.54. The molecule has 1 unspecified atom stereocenters. The zero-order valence-electron chi connectivity index (χ0n) is 7.06. The smallest absolute Gasteiger partial charge is 0.323 e. The van der Waals surface area contributed by atoms with E-state index in [2.05, 4.69) is 10.1 Å². The number of hydrogen-bond acceptors (Lipinski definition) is 3. The molecule has 0 aromatic rings. The lowest BCUT2D eigenvalue weighted by atomic mass is 10.2. The fourth-order valence-electron chi connectivity index (χ4n) is 1.42. The molecule has 1 heterocycles. The molecule has 5 heteroatoms. The maximum absolute atomic E-state index is 12.3. The van der Waals surface area contributed by atoms with Gasteiger partial charge in [-0.3, -0.25) is 4.79 Å². The number of halogens is 2. The summed E-state index contributed by atoms with van der Waals surface area (Å²) in [6.45, 7) is 0.765. The minimum absolute atomic E-state index is 0.314. The van der Waals surface area contributed by atoms with E-state index in [0.717, 1.165) is 13.0 Å². The topological polar surface area (TPSA) is 38.3 Å². The van der Waals surface area contributed by atoms with Gasteiger partial charge in [0.25, 0.3) is 5.92 Å². The molecule has 1 aliphatic carbocycles. The fraction of sp³-hybridized carbons (Fsp3) is 0.875. The van der Waals surface area contributed by atoms with Crippen molar-refractivity contribution in [1.82, 2.24) is 5.32 Å². The Morgan fingerprint density at radius 1 is 1.54 bits per heavy atom. The summed E-state index contributed by atoms with van der Waals surface area (Å²) < 4.78 is 29.3. The normalized spacial score (nSPS) is 35.8. The maximum atomic E-state index is 12.3. The van der Waals surface area contributed by atoms with Crippen LogP contribution in [-0.4, -0.2) is 30.6 Å². The molecule has 0 radical (unpaired) electrons. The fourth-order valence-corrected chi connectivity index (χ4v) is 1.42. The van der Waals surface area contributed by atoms with Crippen molar-refractivity contribution in [3.05, 3.63) is 0 Å². The number of esters is 1. The molecule has 0 aromatic carbocycles. The van der Waals surface area contributed by atoms with E-state index in [-0.39, 0.29) is 12.5 Å². The van der Waals surface area contributed by atoms with Crippen molar-refractivity contribution in [2.45, 2.75) is 37.3 Å². The minimum atomic E-state index is -2.77. The van der Waals surface area contributed by atoms with Gasteiger partial charge < -0.3 is 10.1 Å². The van der Waals surface area contributed by atoms with Crippen molar-refractivity contribution < 1.29 is 18.3 Å². The summed E-state index contributed by atoms with van der Waals surface area (Å²) in [6, 6.07) is -0.364. The monoisotopic (exact) mass is 191 g/mol. The van der Waals surface area contributed by atoms with Crippen molar-refractivity contribution in [2.75, 3.05) is 6.54 Å². The minimum Gasteiger partial charge on any atom is -0.455 e. The van der Waals surface area contributed by atoms with Gasteiger partial charge in [0.2, 0.25) is 0 Å². The average Bonchev–Trinajstić information content (AvgIpc) is 2.58. The summed E-state index contributed by atoms with van der Waals surface area (Å²) in [5.74, 6) is -3.30. The first-order chi connectivity index (χ1) is 6.09. The predicted octanol–water partition coefficient (Wildman–Crippen LogP) is 0.689. The quantitative estimate of drug-likeness (QED) is 0.652. The number of hydrogen-bond donors (Lipinski definition) is 1. The van der Waals surface area contributed by atoms with Crippen LogP contribution in [0.3, 0.4) is 0 Å². The molecule has 2 aliphatic rings. The molecule has 1 N–H and O–H groups in total. The van der Waals surface area contributed by atoms with Crippen molar-refractivity contribution in [3.63, 3.8) is 0 Å². The first kappa shape index (κ1) is 8.87. The van der Waals surface area contributed by atoms with Crippen LogP contribution in [0.5, 0.6) is 0 Å². The first-order valence-corrected chi connectivity index (χ1v) is 4.41. The molecular weight excluding hydrogens is 180 g/mol. The summed E-state index contributed by atoms with van der Waals surface area (Å²) in [5.41, 5.74) is 0. The van der Waals surface area contributed by atoms with Gasteiger partial charge in [0.15, 0.2) is 6.10 Å². The van der Waals surface area contributed by atoms with E-state index in [1.807, 2.05) is 0 Å². The zero-order chi connectivity index (χ0) is 9.47. The number of carbonyl (C=O) groups excluding carboxylic acids is 1. The lowest BCUT2D eigenvalue weighted by Gasteiger charge is -2.09. The van der Waals surface area contributed by atoms with Crippen LogP contribution in [0.25, 0.3) is 0 Å². The Bertz CT molecular complexity index is 226. The highest BCUT2D eigenvalue weighted by Gasteiger charge is 2.60. The molecule has 2 atom stereocenters. The number of carbonyl (C=O) groups is 1. The van der Waals surface area contributed by atoms with Gasteiger partial charge in [-0.2, -0.15) is 0 Å². The third kappa shape index (κ3) is 1.80. The van der Waals surface area contributed by atoms with E-state index in [9.17, 15) is 13.6 Å². The molecule has 2 rings (SSSR count). The van der Waals surface area contributed by atoms with Gasteiger partial charge in [-0.1, -0.05) is 0 Å². The Morgan fingerprint density at radius 3 is 2.69 bits per heavy atom. The van der Waals surface area contributed by atoms with Crippen LogP contribution in [0.15, 0.2) is 0 Å². The van der Waals surface area contributed by atoms with E-state index < -0.39 is 18.0 Å². The van der Waals surface area contributed by atoms with E-state index >= 15 is 0 Å². The Balaban J connectivity index is 1.79. The van der Waals surface area contributed by atoms with Crippen LogP contribution in [0.4, 0.5) is 8.78 Å². The average molecular weight is 191 g/mol. The number of nitrogens with one attached hydrogen (secondary N) is 1. The third-order valence-electron chi connectivity index (χ3n) is 2.37. The number of rotatable bonds is 2. The van der Waals surface area contributed by atoms with Crippen LogP contribution < -0.4 is 5.32 Å². The van der Waals surface area contributed by atoms with Crippen molar-refractivity contribution in [2.24, 2.45) is 0 Å². The molecule has 2 fully saturated rings. The van der Waals surface area contributed by atoms with Gasteiger partial charge in [-0.25, -0.2) is 8.78 Å². The summed E-state index contributed by atoms with van der Waals surface area (Å²) in [7, 11) is 0. The molecule has 1 saturated carbocycles. The summed E-state index contributed by atoms with van der Waals surface area (Å²) >= 11 is 0. The van der Waals surface area contributed by atoms with Crippen LogP contribution >= 0.6 is 0 Å². The van der Waals surface area contributed by atoms with Crippen LogP contribution in [0.2, 0.25) is 0 Å². The van der Waals surface area contributed by atoms with Gasteiger partial charge in [-0.05, 0) is 19.4 Å². The summed E-state index contributed by atoms with van der Waals surface area (Å²) in [4.78, 5) is 11.2. The molecule has 0 spiro atoms. The zero-order valence-corrected chi connectivity index (χ0v) is 7.06. The summed E-state index contributed by atoms with van der Waals surface area (Å²) in [6.07, 6.45) is 0.117. The lowest BCUT2D eigenvalue weighted by Crippen LogP contribution is -2.33. The van der Waals surface area contributed by atoms with Crippen LogP contribution in [0.1, 0.15) is 19.3 Å². The molecule has 1 aliphatic heterocycles.